The zero-order chi connectivity index (χ0) is 47.8. The Balaban J connectivity index is 1.13. The zero-order valence-electron chi connectivity index (χ0n) is 42.1. The van der Waals surface area contributed by atoms with Gasteiger partial charge in [0.15, 0.2) is 0 Å². The molecule has 0 saturated carbocycles. The fourth-order valence-electron chi connectivity index (χ4n) is 10.6. The van der Waals surface area contributed by atoms with Crippen molar-refractivity contribution in [1.82, 2.24) is 0 Å². The number of hydrogen-bond acceptors (Lipinski definition) is 2. The first kappa shape index (κ1) is 44.7. The van der Waals surface area contributed by atoms with Gasteiger partial charge in [-0.25, -0.2) is 0 Å². The number of aryl methyl sites for hydroxylation is 6. The third-order valence-corrected chi connectivity index (χ3v) is 14.2. The summed E-state index contributed by atoms with van der Waals surface area (Å²) in [5.74, 6) is 0. The predicted molar refractivity (Wildman–Crippen MR) is 297 cm³/mol. The summed E-state index contributed by atoms with van der Waals surface area (Å²) >= 11 is 0. The Labute approximate surface area is 404 Å². The molecule has 0 N–H and O–H groups in total. The highest BCUT2D eigenvalue weighted by molar-refractivity contribution is 6.10. The van der Waals surface area contributed by atoms with Crippen LogP contribution >= 0.6 is 0 Å². The van der Waals surface area contributed by atoms with Crippen LogP contribution in [0.4, 0.5) is 34.1 Å². The van der Waals surface area contributed by atoms with E-state index in [0.717, 1.165) is 33.9 Å². The van der Waals surface area contributed by atoms with E-state index in [2.05, 4.69) is 263 Å². The summed E-state index contributed by atoms with van der Waals surface area (Å²) in [5.41, 5.74) is 19.6. The number of nitrogens with zero attached hydrogens (tertiary/aromatic N) is 2. The third-order valence-electron chi connectivity index (χ3n) is 14.2. The van der Waals surface area contributed by atoms with Crippen LogP contribution < -0.4 is 9.80 Å². The maximum absolute atomic E-state index is 2.49. The third kappa shape index (κ3) is 8.21. The second-order valence-electron chi connectivity index (χ2n) is 21.6. The van der Waals surface area contributed by atoms with E-state index in [1.807, 2.05) is 0 Å². The summed E-state index contributed by atoms with van der Waals surface area (Å²) in [7, 11) is 0. The average molecular weight is 885 g/mol. The number of rotatable bonds is 7. The van der Waals surface area contributed by atoms with Crippen molar-refractivity contribution in [1.29, 1.82) is 0 Å². The van der Waals surface area contributed by atoms with Gasteiger partial charge in [-0.05, 0) is 189 Å². The van der Waals surface area contributed by atoms with E-state index in [1.165, 1.54) is 99.0 Å². The van der Waals surface area contributed by atoms with Crippen LogP contribution in [0.3, 0.4) is 0 Å². The molecule has 338 valence electrons. The maximum Gasteiger partial charge on any atom is 0.0520 e. The van der Waals surface area contributed by atoms with E-state index in [-0.39, 0.29) is 10.8 Å². The smallest absolute Gasteiger partial charge is 0.0520 e. The molecular formula is C66H64N2. The molecular weight excluding hydrogens is 821 g/mol. The Morgan fingerprint density at radius 3 is 0.941 bits per heavy atom. The van der Waals surface area contributed by atoms with Gasteiger partial charge < -0.3 is 9.80 Å². The lowest BCUT2D eigenvalue weighted by Crippen LogP contribution is -2.16. The standard InChI is InChI=1S/C66H64N2/c1-41-19-27-59-49(31-41)21-23-51-39-57(25-29-61(51)59)67(63-43(3)33-53(34-44(63)4)65(7,8)9)55-17-13-15-47(37-55)48-16-14-18-56(38-48)68(64-45(5)35-54(36-46(64)6)66(10,11)12)58-26-30-62-52(40-58)24-22-50-32-42(2)20-28-60(50)62/h13-40H,1-12H3. The summed E-state index contributed by atoms with van der Waals surface area (Å²) in [6.07, 6.45) is 0. The maximum atomic E-state index is 2.49. The summed E-state index contributed by atoms with van der Waals surface area (Å²) < 4.78 is 0. The minimum absolute atomic E-state index is 0.0339. The Bertz CT molecular complexity index is 3330. The molecule has 0 spiro atoms. The van der Waals surface area contributed by atoms with Crippen LogP contribution in [0, 0.1) is 41.5 Å². The molecule has 0 aliphatic heterocycles. The monoisotopic (exact) mass is 885 g/mol. The fourth-order valence-corrected chi connectivity index (χ4v) is 10.6. The molecule has 68 heavy (non-hydrogen) atoms. The van der Waals surface area contributed by atoms with Gasteiger partial charge in [0.2, 0.25) is 0 Å². The van der Waals surface area contributed by atoms with Gasteiger partial charge in [0, 0.05) is 22.7 Å². The van der Waals surface area contributed by atoms with Crippen molar-refractivity contribution in [2.24, 2.45) is 0 Å². The molecule has 2 heteroatoms. The molecule has 0 bridgehead atoms. The summed E-state index contributed by atoms with van der Waals surface area (Å²) in [5, 5.41) is 10.1. The summed E-state index contributed by atoms with van der Waals surface area (Å²) in [6, 6.07) is 64.5. The summed E-state index contributed by atoms with van der Waals surface area (Å²) in [4.78, 5) is 4.97. The molecule has 0 radical (unpaired) electrons. The van der Waals surface area contributed by atoms with Crippen LogP contribution in [-0.2, 0) is 10.8 Å². The minimum atomic E-state index is 0.0339. The van der Waals surface area contributed by atoms with Crippen molar-refractivity contribution >= 4 is 77.2 Å². The quantitative estimate of drug-likeness (QED) is 0.147. The summed E-state index contributed by atoms with van der Waals surface area (Å²) in [6.45, 7) is 27.3. The van der Waals surface area contributed by atoms with Crippen LogP contribution in [0.15, 0.2) is 170 Å². The van der Waals surface area contributed by atoms with Crippen molar-refractivity contribution in [2.75, 3.05) is 9.80 Å². The van der Waals surface area contributed by atoms with Gasteiger partial charge in [0.05, 0.1) is 11.4 Å². The first-order valence-electron chi connectivity index (χ1n) is 24.3. The van der Waals surface area contributed by atoms with E-state index in [4.69, 9.17) is 0 Å². The van der Waals surface area contributed by atoms with E-state index < -0.39 is 0 Å². The van der Waals surface area contributed by atoms with Crippen LogP contribution in [0.5, 0.6) is 0 Å². The van der Waals surface area contributed by atoms with Gasteiger partial charge in [-0.15, -0.1) is 0 Å². The highest BCUT2D eigenvalue weighted by Gasteiger charge is 2.25. The number of fused-ring (bicyclic) bond motifs is 6. The van der Waals surface area contributed by atoms with Crippen LogP contribution in [0.1, 0.15) is 86.1 Å². The Morgan fingerprint density at radius 1 is 0.294 bits per heavy atom. The number of anilines is 6. The van der Waals surface area contributed by atoms with Gasteiger partial charge in [-0.1, -0.05) is 174 Å². The van der Waals surface area contributed by atoms with Crippen molar-refractivity contribution in [3.8, 4) is 11.1 Å². The van der Waals surface area contributed by atoms with Crippen molar-refractivity contribution in [3.63, 3.8) is 0 Å². The lowest BCUT2D eigenvalue weighted by atomic mass is 9.84. The molecule has 10 aromatic rings. The van der Waals surface area contributed by atoms with Crippen molar-refractivity contribution in [2.45, 2.75) is 93.9 Å². The lowest BCUT2D eigenvalue weighted by molar-refractivity contribution is 0.589. The molecule has 0 aromatic heterocycles. The van der Waals surface area contributed by atoms with Crippen LogP contribution in [-0.4, -0.2) is 0 Å². The molecule has 10 rings (SSSR count). The molecule has 0 amide bonds. The molecule has 0 saturated heterocycles. The van der Waals surface area contributed by atoms with Crippen LogP contribution in [0.2, 0.25) is 0 Å². The molecule has 0 fully saturated rings. The number of hydrogen-bond donors (Lipinski definition) is 0. The number of benzene rings is 10. The molecule has 0 aliphatic rings. The Morgan fingerprint density at radius 2 is 0.603 bits per heavy atom. The molecule has 0 atom stereocenters. The van der Waals surface area contributed by atoms with Crippen molar-refractivity contribution < 1.29 is 0 Å². The van der Waals surface area contributed by atoms with E-state index >= 15 is 0 Å². The van der Waals surface area contributed by atoms with Gasteiger partial charge in [-0.3, -0.25) is 0 Å². The van der Waals surface area contributed by atoms with Gasteiger partial charge in [-0.2, -0.15) is 0 Å². The highest BCUT2D eigenvalue weighted by Crippen LogP contribution is 2.46. The van der Waals surface area contributed by atoms with E-state index in [1.54, 1.807) is 0 Å². The van der Waals surface area contributed by atoms with Gasteiger partial charge >= 0.3 is 0 Å². The second kappa shape index (κ2) is 16.9. The molecule has 0 heterocycles. The van der Waals surface area contributed by atoms with E-state index in [9.17, 15) is 0 Å². The van der Waals surface area contributed by atoms with Crippen molar-refractivity contribution in [3.05, 3.63) is 214 Å². The predicted octanol–water partition coefficient (Wildman–Crippen LogP) is 19.4. The largest absolute Gasteiger partial charge is 0.310 e. The molecule has 2 nitrogen and oxygen atoms in total. The highest BCUT2D eigenvalue weighted by atomic mass is 15.2. The average Bonchev–Trinajstić information content (AvgIpc) is 3.30. The molecule has 0 aliphatic carbocycles. The second-order valence-corrected chi connectivity index (χ2v) is 21.6. The first-order chi connectivity index (χ1) is 32.4. The Kier molecular flexibility index (Phi) is 11.1. The minimum Gasteiger partial charge on any atom is -0.310 e. The first-order valence-corrected chi connectivity index (χ1v) is 24.3. The Hall–Kier alpha value is -7.16. The fraction of sp³-hybridized carbons (Fsp3) is 0.212. The van der Waals surface area contributed by atoms with Crippen LogP contribution in [0.25, 0.3) is 54.2 Å². The zero-order valence-corrected chi connectivity index (χ0v) is 42.1. The molecule has 10 aromatic carbocycles. The topological polar surface area (TPSA) is 6.48 Å². The normalized spacial score (nSPS) is 12.1. The molecule has 0 unspecified atom stereocenters. The van der Waals surface area contributed by atoms with Gasteiger partial charge in [0.1, 0.15) is 0 Å². The van der Waals surface area contributed by atoms with Gasteiger partial charge in [0.25, 0.3) is 0 Å². The van der Waals surface area contributed by atoms with E-state index in [0.29, 0.717) is 0 Å². The SMILES string of the molecule is Cc1ccc2c(ccc3cc(N(c4cccc(-c5cccc(N(c6ccc7c(ccc8cc(C)ccc87)c6)c6c(C)cc(C(C)(C)C)cc6C)c5)c4)c4c(C)cc(C(C)(C)C)cc4C)ccc32)c1. The lowest BCUT2D eigenvalue weighted by Gasteiger charge is -2.32.